The van der Waals surface area contributed by atoms with Gasteiger partial charge in [0, 0.05) is 11.4 Å². The van der Waals surface area contributed by atoms with Gasteiger partial charge in [-0.1, -0.05) is 17.4 Å². The van der Waals surface area contributed by atoms with Crippen LogP contribution in [0.1, 0.15) is 20.9 Å². The number of aromatic amines is 1. The second-order valence-corrected chi connectivity index (χ2v) is 4.60. The number of aryl methyl sites for hydroxylation is 1. The number of aromatic nitrogens is 1. The molecule has 0 saturated carbocycles. The van der Waals surface area contributed by atoms with Crippen molar-refractivity contribution in [2.75, 3.05) is 5.32 Å². The molecule has 0 unspecified atom stereocenters. The number of hydrogen-bond donors (Lipinski definition) is 2. The molecule has 0 saturated heterocycles. The highest BCUT2D eigenvalue weighted by Gasteiger charge is 2.13. The van der Waals surface area contributed by atoms with E-state index in [4.69, 9.17) is 5.26 Å². The number of anilines is 1. The predicted octanol–water partition coefficient (Wildman–Crippen LogP) is 1.87. The van der Waals surface area contributed by atoms with Crippen molar-refractivity contribution < 1.29 is 4.79 Å². The van der Waals surface area contributed by atoms with Gasteiger partial charge in [0.2, 0.25) is 0 Å². The third-order valence-corrected chi connectivity index (χ3v) is 3.26. The van der Waals surface area contributed by atoms with Crippen molar-refractivity contribution in [1.29, 1.82) is 5.26 Å². The van der Waals surface area contributed by atoms with Crippen molar-refractivity contribution in [2.24, 2.45) is 0 Å². The lowest BCUT2D eigenvalue weighted by atomic mass is 10.2. The molecular weight excluding hydrogens is 250 g/mol. The Morgan fingerprint density at radius 1 is 1.50 bits per heavy atom. The average Bonchev–Trinajstić information content (AvgIpc) is 2.69. The number of carbonyl (C=O) groups excluding carboxylic acids is 1. The summed E-state index contributed by atoms with van der Waals surface area (Å²) in [7, 11) is 0. The zero-order chi connectivity index (χ0) is 13.1. The Hall–Kier alpha value is -2.39. The highest BCUT2D eigenvalue weighted by atomic mass is 32.1. The second-order valence-electron chi connectivity index (χ2n) is 3.62. The van der Waals surface area contributed by atoms with Crippen LogP contribution in [0.3, 0.4) is 0 Å². The Morgan fingerprint density at radius 2 is 2.28 bits per heavy atom. The van der Waals surface area contributed by atoms with Crippen molar-refractivity contribution in [3.63, 3.8) is 0 Å². The van der Waals surface area contributed by atoms with Gasteiger partial charge in [0.05, 0.1) is 11.6 Å². The second kappa shape index (κ2) is 4.85. The lowest BCUT2D eigenvalue weighted by Gasteiger charge is -2.03. The molecule has 0 spiro atoms. The maximum atomic E-state index is 11.9. The molecule has 18 heavy (non-hydrogen) atoms. The van der Waals surface area contributed by atoms with Gasteiger partial charge in [-0.15, -0.1) is 0 Å². The van der Waals surface area contributed by atoms with E-state index in [0.29, 0.717) is 21.8 Å². The van der Waals surface area contributed by atoms with Crippen LogP contribution in [-0.4, -0.2) is 10.9 Å². The molecule has 90 valence electrons. The minimum absolute atomic E-state index is 0.261. The van der Waals surface area contributed by atoms with E-state index in [1.54, 1.807) is 31.2 Å². The summed E-state index contributed by atoms with van der Waals surface area (Å²) in [4.78, 5) is 25.6. The van der Waals surface area contributed by atoms with E-state index in [2.05, 4.69) is 10.3 Å². The van der Waals surface area contributed by atoms with Gasteiger partial charge in [0.1, 0.15) is 4.88 Å². The molecule has 5 nitrogen and oxygen atoms in total. The molecule has 0 aliphatic heterocycles. The van der Waals surface area contributed by atoms with Crippen molar-refractivity contribution in [1.82, 2.24) is 4.98 Å². The lowest BCUT2D eigenvalue weighted by Crippen LogP contribution is -2.11. The van der Waals surface area contributed by atoms with E-state index in [0.717, 1.165) is 11.3 Å². The molecular formula is C12H9N3O2S. The standard InChI is InChI=1S/C12H9N3O2S/c1-7-10(18-12(17)14-7)11(16)15-9-4-2-3-8(5-9)6-13/h2-5H,1H3,(H,14,17)(H,15,16). The third kappa shape index (κ3) is 2.47. The molecule has 0 bridgehead atoms. The van der Waals surface area contributed by atoms with Crippen LogP contribution in [0.4, 0.5) is 5.69 Å². The highest BCUT2D eigenvalue weighted by Crippen LogP contribution is 2.14. The molecule has 1 amide bonds. The first kappa shape index (κ1) is 12.1. The average molecular weight is 259 g/mol. The zero-order valence-corrected chi connectivity index (χ0v) is 10.3. The normalized spacial score (nSPS) is 9.78. The molecule has 2 N–H and O–H groups in total. The highest BCUT2D eigenvalue weighted by molar-refractivity contribution is 7.11. The Bertz CT molecular complexity index is 694. The maximum Gasteiger partial charge on any atom is 0.305 e. The van der Waals surface area contributed by atoms with Crippen LogP contribution in [0.5, 0.6) is 0 Å². The first-order valence-electron chi connectivity index (χ1n) is 5.11. The number of thiazole rings is 1. The van der Waals surface area contributed by atoms with Gasteiger partial charge < -0.3 is 10.3 Å². The van der Waals surface area contributed by atoms with E-state index < -0.39 is 0 Å². The van der Waals surface area contributed by atoms with Gasteiger partial charge in [-0.3, -0.25) is 9.59 Å². The molecule has 0 atom stereocenters. The minimum Gasteiger partial charge on any atom is -0.321 e. The summed E-state index contributed by atoms with van der Waals surface area (Å²) in [6.45, 7) is 1.67. The molecule has 6 heteroatoms. The first-order valence-corrected chi connectivity index (χ1v) is 5.93. The number of rotatable bonds is 2. The SMILES string of the molecule is Cc1[nH]c(=O)sc1C(=O)Nc1cccc(C#N)c1. The summed E-state index contributed by atoms with van der Waals surface area (Å²) in [5.74, 6) is -0.356. The number of nitriles is 1. The zero-order valence-electron chi connectivity index (χ0n) is 9.48. The minimum atomic E-state index is -0.356. The number of hydrogen-bond acceptors (Lipinski definition) is 4. The fraction of sp³-hybridized carbons (Fsp3) is 0.0833. The Balaban J connectivity index is 2.24. The number of H-pyrrole nitrogens is 1. The molecule has 1 heterocycles. The number of nitrogens with one attached hydrogen (secondary N) is 2. The van der Waals surface area contributed by atoms with E-state index in [-0.39, 0.29) is 10.8 Å². The number of nitrogens with zero attached hydrogens (tertiary/aromatic N) is 1. The molecule has 0 fully saturated rings. The molecule has 0 aliphatic rings. The van der Waals surface area contributed by atoms with Crippen molar-refractivity contribution in [2.45, 2.75) is 6.92 Å². The topological polar surface area (TPSA) is 85.8 Å². The number of benzene rings is 1. The van der Waals surface area contributed by atoms with E-state index >= 15 is 0 Å². The summed E-state index contributed by atoms with van der Waals surface area (Å²) < 4.78 is 0. The van der Waals surface area contributed by atoms with Crippen LogP contribution in [0, 0.1) is 18.3 Å². The van der Waals surface area contributed by atoms with Gasteiger partial charge in [0.15, 0.2) is 0 Å². The van der Waals surface area contributed by atoms with Gasteiger partial charge in [-0.2, -0.15) is 5.26 Å². The Labute approximate surface area is 107 Å². The molecule has 2 aromatic rings. The fourth-order valence-electron chi connectivity index (χ4n) is 1.48. The monoisotopic (exact) mass is 259 g/mol. The van der Waals surface area contributed by atoms with Crippen molar-refractivity contribution in [3.8, 4) is 6.07 Å². The summed E-state index contributed by atoms with van der Waals surface area (Å²) in [5, 5.41) is 11.4. The summed E-state index contributed by atoms with van der Waals surface area (Å²) in [6, 6.07) is 8.58. The first-order chi connectivity index (χ1) is 8.60. The molecule has 0 radical (unpaired) electrons. The van der Waals surface area contributed by atoms with Crippen LogP contribution in [0.2, 0.25) is 0 Å². The summed E-state index contributed by atoms with van der Waals surface area (Å²) >= 11 is 0.864. The number of carbonyl (C=O) groups is 1. The van der Waals surface area contributed by atoms with Crippen molar-refractivity contribution >= 4 is 22.9 Å². The van der Waals surface area contributed by atoms with Gasteiger partial charge >= 0.3 is 4.87 Å². The van der Waals surface area contributed by atoms with E-state index in [1.165, 1.54) is 0 Å². The van der Waals surface area contributed by atoms with E-state index in [1.807, 2.05) is 6.07 Å². The smallest absolute Gasteiger partial charge is 0.305 e. The van der Waals surface area contributed by atoms with Crippen LogP contribution >= 0.6 is 11.3 Å². The van der Waals surface area contributed by atoms with Crippen LogP contribution in [-0.2, 0) is 0 Å². The largest absolute Gasteiger partial charge is 0.321 e. The van der Waals surface area contributed by atoms with Crippen LogP contribution < -0.4 is 10.2 Å². The van der Waals surface area contributed by atoms with Gasteiger partial charge in [-0.25, -0.2) is 0 Å². The molecule has 1 aromatic heterocycles. The Morgan fingerprint density at radius 3 is 2.89 bits per heavy atom. The lowest BCUT2D eigenvalue weighted by molar-refractivity contribution is 0.103. The predicted molar refractivity (Wildman–Crippen MR) is 68.8 cm³/mol. The van der Waals surface area contributed by atoms with Crippen LogP contribution in [0.25, 0.3) is 0 Å². The molecule has 1 aromatic carbocycles. The van der Waals surface area contributed by atoms with Gasteiger partial charge in [0.25, 0.3) is 5.91 Å². The molecule has 0 aliphatic carbocycles. The van der Waals surface area contributed by atoms with E-state index in [9.17, 15) is 9.59 Å². The fourth-order valence-corrected chi connectivity index (χ4v) is 2.21. The summed E-state index contributed by atoms with van der Waals surface area (Å²) in [6.07, 6.45) is 0. The van der Waals surface area contributed by atoms with Crippen LogP contribution in [0.15, 0.2) is 29.1 Å². The Kier molecular flexibility index (Phi) is 3.26. The maximum absolute atomic E-state index is 11.9. The summed E-state index contributed by atoms with van der Waals surface area (Å²) in [5.41, 5.74) is 1.53. The quantitative estimate of drug-likeness (QED) is 0.863. The van der Waals surface area contributed by atoms with Crippen molar-refractivity contribution in [3.05, 3.63) is 50.1 Å². The molecule has 2 rings (SSSR count). The van der Waals surface area contributed by atoms with Gasteiger partial charge in [-0.05, 0) is 25.1 Å². The number of amides is 1. The third-order valence-electron chi connectivity index (χ3n) is 2.28.